The van der Waals surface area contributed by atoms with Gasteiger partial charge in [-0.25, -0.2) is 0 Å². The Labute approximate surface area is 144 Å². The van der Waals surface area contributed by atoms with Crippen LogP contribution in [0.2, 0.25) is 0 Å². The first-order valence-electron chi connectivity index (χ1n) is 8.59. The van der Waals surface area contributed by atoms with Gasteiger partial charge in [0.25, 0.3) is 0 Å². The van der Waals surface area contributed by atoms with E-state index in [1.54, 1.807) is 0 Å². The van der Waals surface area contributed by atoms with E-state index in [4.69, 9.17) is 0 Å². The van der Waals surface area contributed by atoms with Crippen molar-refractivity contribution in [1.82, 2.24) is 19.8 Å². The number of aliphatic hydroxyl groups is 1. The summed E-state index contributed by atoms with van der Waals surface area (Å²) in [6.07, 6.45) is 3.26. The van der Waals surface area contributed by atoms with Crippen LogP contribution in [0.25, 0.3) is 0 Å². The summed E-state index contributed by atoms with van der Waals surface area (Å²) in [4.78, 5) is 13.5. The summed E-state index contributed by atoms with van der Waals surface area (Å²) >= 11 is 0. The van der Waals surface area contributed by atoms with E-state index >= 15 is 0 Å². The minimum atomic E-state index is -0.428. The highest BCUT2D eigenvalue weighted by Crippen LogP contribution is 2.18. The summed E-state index contributed by atoms with van der Waals surface area (Å²) in [6, 6.07) is 10.3. The maximum Gasteiger partial charge on any atom is 0.0917 e. The van der Waals surface area contributed by atoms with Crippen LogP contribution in [0.1, 0.15) is 30.0 Å². The molecule has 0 radical (unpaired) electrons. The zero-order valence-electron chi connectivity index (χ0n) is 14.5. The third-order valence-corrected chi connectivity index (χ3v) is 4.66. The van der Waals surface area contributed by atoms with Crippen LogP contribution < -0.4 is 0 Å². The highest BCUT2D eigenvalue weighted by molar-refractivity contribution is 5.17. The lowest BCUT2D eigenvalue weighted by Crippen LogP contribution is -2.52. The Morgan fingerprint density at radius 3 is 2.62 bits per heavy atom. The first kappa shape index (κ1) is 17.0. The molecule has 1 saturated heterocycles. The fourth-order valence-electron chi connectivity index (χ4n) is 3.22. The molecule has 0 spiro atoms. The molecule has 5 nitrogen and oxygen atoms in total. The maximum absolute atomic E-state index is 10.4. The second-order valence-corrected chi connectivity index (χ2v) is 6.65. The van der Waals surface area contributed by atoms with Gasteiger partial charge in [0.15, 0.2) is 0 Å². The largest absolute Gasteiger partial charge is 0.387 e. The molecule has 5 heteroatoms. The molecule has 2 aromatic rings. The van der Waals surface area contributed by atoms with Crippen LogP contribution in [0.15, 0.2) is 42.7 Å². The van der Waals surface area contributed by atoms with E-state index in [1.807, 2.05) is 49.6 Å². The number of nitrogens with zero attached hydrogens (tertiary/aromatic N) is 4. The SMILES string of the molecule is Cc1cnc(CN2CCN(CC(O)c3ccccc3)C(C)C2)cn1. The number of piperazine rings is 1. The Morgan fingerprint density at radius 1 is 1.17 bits per heavy atom. The minimum absolute atomic E-state index is 0.413. The highest BCUT2D eigenvalue weighted by Gasteiger charge is 2.25. The first-order chi connectivity index (χ1) is 11.6. The maximum atomic E-state index is 10.4. The predicted molar refractivity (Wildman–Crippen MR) is 94.5 cm³/mol. The monoisotopic (exact) mass is 326 g/mol. The molecule has 1 aromatic carbocycles. The number of hydrogen-bond donors (Lipinski definition) is 1. The lowest BCUT2D eigenvalue weighted by Gasteiger charge is -2.40. The Kier molecular flexibility index (Phi) is 5.56. The van der Waals surface area contributed by atoms with Gasteiger partial charge in [0.2, 0.25) is 0 Å². The topological polar surface area (TPSA) is 52.5 Å². The van der Waals surface area contributed by atoms with E-state index in [9.17, 15) is 5.11 Å². The van der Waals surface area contributed by atoms with Crippen LogP contribution in [0.4, 0.5) is 0 Å². The fraction of sp³-hybridized carbons (Fsp3) is 0.474. The number of aromatic nitrogens is 2. The third-order valence-electron chi connectivity index (χ3n) is 4.66. The van der Waals surface area contributed by atoms with Gasteiger partial charge < -0.3 is 5.11 Å². The van der Waals surface area contributed by atoms with Gasteiger partial charge in [-0.3, -0.25) is 19.8 Å². The molecule has 1 aliphatic heterocycles. The summed E-state index contributed by atoms with van der Waals surface area (Å²) in [6.45, 7) is 8.64. The van der Waals surface area contributed by atoms with E-state index in [2.05, 4.69) is 26.7 Å². The fourth-order valence-corrected chi connectivity index (χ4v) is 3.22. The summed E-state index contributed by atoms with van der Waals surface area (Å²) < 4.78 is 0. The molecule has 128 valence electrons. The average Bonchev–Trinajstić information content (AvgIpc) is 2.60. The molecule has 1 aromatic heterocycles. The molecule has 2 heterocycles. The van der Waals surface area contributed by atoms with Gasteiger partial charge in [-0.15, -0.1) is 0 Å². The van der Waals surface area contributed by atoms with Gasteiger partial charge in [-0.05, 0) is 19.4 Å². The van der Waals surface area contributed by atoms with Crippen molar-refractivity contribution in [3.05, 3.63) is 59.7 Å². The number of rotatable bonds is 5. The Hall–Kier alpha value is -1.82. The standard InChI is InChI=1S/C19H26N4O/c1-15-10-21-18(11-20-15)13-22-8-9-23(16(2)12-22)14-19(24)17-6-4-3-5-7-17/h3-7,10-11,16,19,24H,8-9,12-14H2,1-2H3. The van der Waals surface area contributed by atoms with Crippen molar-refractivity contribution in [2.24, 2.45) is 0 Å². The lowest BCUT2D eigenvalue weighted by molar-refractivity contribution is 0.0358. The van der Waals surface area contributed by atoms with Gasteiger partial charge in [-0.2, -0.15) is 0 Å². The highest BCUT2D eigenvalue weighted by atomic mass is 16.3. The van der Waals surface area contributed by atoms with Crippen molar-refractivity contribution in [2.45, 2.75) is 32.5 Å². The van der Waals surface area contributed by atoms with Gasteiger partial charge in [0.05, 0.1) is 17.5 Å². The second kappa shape index (κ2) is 7.83. The number of benzene rings is 1. The molecular formula is C19H26N4O. The van der Waals surface area contributed by atoms with E-state index < -0.39 is 6.10 Å². The molecule has 1 N–H and O–H groups in total. The number of aryl methyl sites for hydroxylation is 1. The van der Waals surface area contributed by atoms with Gasteiger partial charge in [0, 0.05) is 51.2 Å². The summed E-state index contributed by atoms with van der Waals surface area (Å²) in [7, 11) is 0. The molecule has 0 aliphatic carbocycles. The van der Waals surface area contributed by atoms with Crippen molar-refractivity contribution in [2.75, 3.05) is 26.2 Å². The van der Waals surface area contributed by atoms with Gasteiger partial charge in [0.1, 0.15) is 0 Å². The van der Waals surface area contributed by atoms with Crippen LogP contribution in [-0.4, -0.2) is 57.1 Å². The van der Waals surface area contributed by atoms with E-state index in [0.717, 1.165) is 43.1 Å². The van der Waals surface area contributed by atoms with Crippen molar-refractivity contribution < 1.29 is 5.11 Å². The quantitative estimate of drug-likeness (QED) is 0.911. The lowest BCUT2D eigenvalue weighted by atomic mass is 10.1. The first-order valence-corrected chi connectivity index (χ1v) is 8.59. The average molecular weight is 326 g/mol. The van der Waals surface area contributed by atoms with Crippen LogP contribution in [0.3, 0.4) is 0 Å². The van der Waals surface area contributed by atoms with Crippen molar-refractivity contribution in [3.63, 3.8) is 0 Å². The predicted octanol–water partition coefficient (Wildman–Crippen LogP) is 2.02. The molecule has 1 fully saturated rings. The number of aliphatic hydroxyl groups excluding tert-OH is 1. The summed E-state index contributed by atoms with van der Waals surface area (Å²) in [5.41, 5.74) is 2.96. The Bertz CT molecular complexity index is 632. The molecule has 2 unspecified atom stereocenters. The Morgan fingerprint density at radius 2 is 1.96 bits per heavy atom. The summed E-state index contributed by atoms with van der Waals surface area (Å²) in [5.74, 6) is 0. The molecule has 24 heavy (non-hydrogen) atoms. The van der Waals surface area contributed by atoms with E-state index in [0.29, 0.717) is 12.6 Å². The van der Waals surface area contributed by atoms with Crippen LogP contribution in [0.5, 0.6) is 0 Å². The van der Waals surface area contributed by atoms with E-state index in [1.165, 1.54) is 0 Å². The minimum Gasteiger partial charge on any atom is -0.387 e. The Balaban J connectivity index is 1.52. The molecule has 0 bridgehead atoms. The molecule has 2 atom stereocenters. The molecule has 3 rings (SSSR count). The van der Waals surface area contributed by atoms with Crippen molar-refractivity contribution >= 4 is 0 Å². The zero-order chi connectivity index (χ0) is 16.9. The van der Waals surface area contributed by atoms with Gasteiger partial charge in [-0.1, -0.05) is 30.3 Å². The second-order valence-electron chi connectivity index (χ2n) is 6.65. The van der Waals surface area contributed by atoms with Gasteiger partial charge >= 0.3 is 0 Å². The number of β-amino-alcohol motifs (C(OH)–C–C–N with tert-alkyl or cyclic N) is 1. The van der Waals surface area contributed by atoms with E-state index in [-0.39, 0.29) is 0 Å². The molecule has 0 saturated carbocycles. The zero-order valence-corrected chi connectivity index (χ0v) is 14.5. The smallest absolute Gasteiger partial charge is 0.0917 e. The summed E-state index contributed by atoms with van der Waals surface area (Å²) in [5, 5.41) is 10.4. The molecule has 1 aliphatic rings. The molecule has 0 amide bonds. The van der Waals surface area contributed by atoms with Crippen molar-refractivity contribution in [1.29, 1.82) is 0 Å². The molecular weight excluding hydrogens is 300 g/mol. The van der Waals surface area contributed by atoms with Crippen LogP contribution >= 0.6 is 0 Å². The van der Waals surface area contributed by atoms with Crippen LogP contribution in [-0.2, 0) is 6.54 Å². The number of hydrogen-bond acceptors (Lipinski definition) is 5. The third kappa shape index (κ3) is 4.38. The normalized spacial score (nSPS) is 20.9. The van der Waals surface area contributed by atoms with Crippen LogP contribution in [0, 0.1) is 6.92 Å². The van der Waals surface area contributed by atoms with Crippen molar-refractivity contribution in [3.8, 4) is 0 Å².